The van der Waals surface area contributed by atoms with Gasteiger partial charge in [-0.2, -0.15) is 0 Å². The third kappa shape index (κ3) is 5.23. The van der Waals surface area contributed by atoms with Crippen molar-refractivity contribution < 1.29 is 4.79 Å². The number of hydrogen-bond donors (Lipinski definition) is 2. The van der Waals surface area contributed by atoms with E-state index in [-0.39, 0.29) is 5.91 Å². The van der Waals surface area contributed by atoms with Gasteiger partial charge in [0, 0.05) is 50.2 Å². The molecule has 1 aromatic carbocycles. The quantitative estimate of drug-likeness (QED) is 0.823. The Morgan fingerprint density at radius 3 is 2.80 bits per heavy atom. The summed E-state index contributed by atoms with van der Waals surface area (Å²) in [7, 11) is 0. The first kappa shape index (κ1) is 15.5. The maximum Gasteiger partial charge on any atom is 0.220 e. The molecule has 0 atom stereocenters. The smallest absolute Gasteiger partial charge is 0.220 e. The average Bonchev–Trinajstić information content (AvgIpc) is 2.47. The number of rotatable bonds is 6. The Balaban J connectivity index is 1.62. The van der Waals surface area contributed by atoms with Gasteiger partial charge < -0.3 is 10.6 Å². The SMILES string of the molecule is O=C(CCc1ccccc1Br)NCCN1CCNCC1. The molecule has 0 bridgehead atoms. The molecule has 2 N–H and O–H groups in total. The van der Waals surface area contributed by atoms with Crippen molar-refractivity contribution in [3.8, 4) is 0 Å². The predicted molar refractivity (Wildman–Crippen MR) is 84.8 cm³/mol. The molecule has 4 nitrogen and oxygen atoms in total. The monoisotopic (exact) mass is 339 g/mol. The molecule has 0 aliphatic carbocycles. The van der Waals surface area contributed by atoms with E-state index in [1.165, 1.54) is 5.56 Å². The molecule has 1 fully saturated rings. The highest BCUT2D eigenvalue weighted by Gasteiger charge is 2.09. The standard InChI is InChI=1S/C15H22BrN3O/c16-14-4-2-1-3-13(14)5-6-15(20)18-9-12-19-10-7-17-8-11-19/h1-4,17H,5-12H2,(H,18,20). The number of aryl methyl sites for hydroxylation is 1. The van der Waals surface area contributed by atoms with Gasteiger partial charge in [-0.3, -0.25) is 9.69 Å². The molecule has 0 aromatic heterocycles. The van der Waals surface area contributed by atoms with Gasteiger partial charge in [-0.05, 0) is 18.1 Å². The number of amides is 1. The van der Waals surface area contributed by atoms with Gasteiger partial charge in [-0.25, -0.2) is 0 Å². The fourth-order valence-corrected chi connectivity index (χ4v) is 2.81. The Bertz CT molecular complexity index is 433. The number of benzene rings is 1. The molecule has 5 heteroatoms. The first-order valence-electron chi connectivity index (χ1n) is 7.19. The lowest BCUT2D eigenvalue weighted by molar-refractivity contribution is -0.121. The Morgan fingerprint density at radius 1 is 1.30 bits per heavy atom. The van der Waals surface area contributed by atoms with E-state index in [9.17, 15) is 4.79 Å². The van der Waals surface area contributed by atoms with Crippen molar-refractivity contribution in [1.82, 2.24) is 15.5 Å². The minimum atomic E-state index is 0.135. The molecular weight excluding hydrogens is 318 g/mol. The number of nitrogens with zero attached hydrogens (tertiary/aromatic N) is 1. The Labute approximate surface area is 129 Å². The summed E-state index contributed by atoms with van der Waals surface area (Å²) in [4.78, 5) is 14.2. The minimum Gasteiger partial charge on any atom is -0.355 e. The van der Waals surface area contributed by atoms with Crippen molar-refractivity contribution in [2.24, 2.45) is 0 Å². The highest BCUT2D eigenvalue weighted by atomic mass is 79.9. The van der Waals surface area contributed by atoms with Crippen LogP contribution in [0.25, 0.3) is 0 Å². The Morgan fingerprint density at radius 2 is 2.05 bits per heavy atom. The van der Waals surface area contributed by atoms with Gasteiger partial charge in [-0.1, -0.05) is 34.1 Å². The van der Waals surface area contributed by atoms with Gasteiger partial charge >= 0.3 is 0 Å². The summed E-state index contributed by atoms with van der Waals surface area (Å²) < 4.78 is 1.08. The van der Waals surface area contributed by atoms with Crippen molar-refractivity contribution in [1.29, 1.82) is 0 Å². The summed E-state index contributed by atoms with van der Waals surface area (Å²) in [5.41, 5.74) is 1.18. The van der Waals surface area contributed by atoms with Crippen LogP contribution in [0.2, 0.25) is 0 Å². The minimum absolute atomic E-state index is 0.135. The van der Waals surface area contributed by atoms with Gasteiger partial charge in [0.25, 0.3) is 0 Å². The third-order valence-corrected chi connectivity index (χ3v) is 4.31. The van der Waals surface area contributed by atoms with Crippen LogP contribution in [0, 0.1) is 0 Å². The van der Waals surface area contributed by atoms with Crippen LogP contribution < -0.4 is 10.6 Å². The predicted octanol–water partition coefficient (Wildman–Crippen LogP) is 1.40. The van der Waals surface area contributed by atoms with Crippen molar-refractivity contribution in [2.45, 2.75) is 12.8 Å². The van der Waals surface area contributed by atoms with E-state index in [0.717, 1.165) is 50.2 Å². The van der Waals surface area contributed by atoms with E-state index in [2.05, 4.69) is 37.5 Å². The maximum absolute atomic E-state index is 11.8. The molecule has 1 saturated heterocycles. The van der Waals surface area contributed by atoms with E-state index in [4.69, 9.17) is 0 Å². The number of nitrogens with one attached hydrogen (secondary N) is 2. The zero-order chi connectivity index (χ0) is 14.2. The molecule has 0 saturated carbocycles. The molecule has 0 spiro atoms. The fraction of sp³-hybridized carbons (Fsp3) is 0.533. The van der Waals surface area contributed by atoms with E-state index >= 15 is 0 Å². The lowest BCUT2D eigenvalue weighted by atomic mass is 10.1. The second-order valence-electron chi connectivity index (χ2n) is 5.03. The van der Waals surface area contributed by atoms with Crippen LogP contribution in [0.15, 0.2) is 28.7 Å². The average molecular weight is 340 g/mol. The van der Waals surface area contributed by atoms with Gasteiger partial charge in [-0.15, -0.1) is 0 Å². The van der Waals surface area contributed by atoms with Crippen LogP contribution in [0.1, 0.15) is 12.0 Å². The van der Waals surface area contributed by atoms with E-state index < -0.39 is 0 Å². The highest BCUT2D eigenvalue weighted by Crippen LogP contribution is 2.17. The molecule has 1 heterocycles. The summed E-state index contributed by atoms with van der Waals surface area (Å²) in [5.74, 6) is 0.135. The topological polar surface area (TPSA) is 44.4 Å². The van der Waals surface area contributed by atoms with Gasteiger partial charge in [0.05, 0.1) is 0 Å². The van der Waals surface area contributed by atoms with E-state index in [1.54, 1.807) is 0 Å². The number of piperazine rings is 1. The summed E-state index contributed by atoms with van der Waals surface area (Å²) in [6.45, 7) is 5.95. The van der Waals surface area contributed by atoms with Crippen molar-refractivity contribution >= 4 is 21.8 Å². The van der Waals surface area contributed by atoms with Crippen LogP contribution in [0.5, 0.6) is 0 Å². The second-order valence-corrected chi connectivity index (χ2v) is 5.89. The summed E-state index contributed by atoms with van der Waals surface area (Å²) >= 11 is 3.51. The third-order valence-electron chi connectivity index (χ3n) is 3.54. The zero-order valence-electron chi connectivity index (χ0n) is 11.7. The summed E-state index contributed by atoms with van der Waals surface area (Å²) in [6, 6.07) is 8.05. The van der Waals surface area contributed by atoms with Crippen LogP contribution in [0.3, 0.4) is 0 Å². The van der Waals surface area contributed by atoms with Gasteiger partial charge in [0.1, 0.15) is 0 Å². The van der Waals surface area contributed by atoms with Gasteiger partial charge in [0.2, 0.25) is 5.91 Å². The van der Waals surface area contributed by atoms with Crippen molar-refractivity contribution in [3.63, 3.8) is 0 Å². The number of halogens is 1. The molecule has 1 amide bonds. The Hall–Kier alpha value is -0.910. The molecule has 1 aliphatic heterocycles. The second kappa shape index (κ2) is 8.39. The van der Waals surface area contributed by atoms with Crippen molar-refractivity contribution in [2.75, 3.05) is 39.3 Å². The maximum atomic E-state index is 11.8. The molecular formula is C15H22BrN3O. The fourth-order valence-electron chi connectivity index (χ4n) is 2.33. The van der Waals surface area contributed by atoms with E-state index in [0.29, 0.717) is 6.42 Å². The molecule has 0 radical (unpaired) electrons. The van der Waals surface area contributed by atoms with Gasteiger partial charge in [0.15, 0.2) is 0 Å². The lowest BCUT2D eigenvalue weighted by Gasteiger charge is -2.27. The number of carbonyl (C=O) groups excluding carboxylic acids is 1. The number of carbonyl (C=O) groups is 1. The van der Waals surface area contributed by atoms with E-state index in [1.807, 2.05) is 18.2 Å². The highest BCUT2D eigenvalue weighted by molar-refractivity contribution is 9.10. The molecule has 1 aromatic rings. The largest absolute Gasteiger partial charge is 0.355 e. The molecule has 110 valence electrons. The first-order chi connectivity index (χ1) is 9.75. The molecule has 20 heavy (non-hydrogen) atoms. The molecule has 0 unspecified atom stereocenters. The Kier molecular flexibility index (Phi) is 6.50. The zero-order valence-corrected chi connectivity index (χ0v) is 13.3. The van der Waals surface area contributed by atoms with Crippen LogP contribution in [-0.4, -0.2) is 50.1 Å². The van der Waals surface area contributed by atoms with Crippen LogP contribution >= 0.6 is 15.9 Å². The summed E-state index contributed by atoms with van der Waals surface area (Å²) in [5, 5.41) is 6.33. The number of hydrogen-bond acceptors (Lipinski definition) is 3. The summed E-state index contributed by atoms with van der Waals surface area (Å²) in [6.07, 6.45) is 1.32. The molecule has 2 rings (SSSR count). The van der Waals surface area contributed by atoms with Crippen molar-refractivity contribution in [3.05, 3.63) is 34.3 Å². The van der Waals surface area contributed by atoms with Crippen LogP contribution in [-0.2, 0) is 11.2 Å². The normalized spacial score (nSPS) is 16.1. The van der Waals surface area contributed by atoms with Crippen LogP contribution in [0.4, 0.5) is 0 Å². The molecule has 1 aliphatic rings. The first-order valence-corrected chi connectivity index (χ1v) is 7.98. The lowest BCUT2D eigenvalue weighted by Crippen LogP contribution is -2.46.